The zero-order valence-electron chi connectivity index (χ0n) is 11.4. The quantitative estimate of drug-likeness (QED) is 0.477. The molecule has 0 aliphatic rings. The number of nitrogens with zero attached hydrogens (tertiary/aromatic N) is 1. The van der Waals surface area contributed by atoms with E-state index >= 15 is 0 Å². The van der Waals surface area contributed by atoms with Gasteiger partial charge in [0.05, 0.1) is 17.6 Å². The van der Waals surface area contributed by atoms with Crippen LogP contribution in [0.15, 0.2) is 18.2 Å². The molecule has 0 heterocycles. The fraction of sp³-hybridized carbons (Fsp3) is 0.538. The van der Waals surface area contributed by atoms with E-state index in [4.69, 9.17) is 5.11 Å². The fourth-order valence-electron chi connectivity index (χ4n) is 1.67. The van der Waals surface area contributed by atoms with Gasteiger partial charge in [0, 0.05) is 24.1 Å². The summed E-state index contributed by atoms with van der Waals surface area (Å²) in [5.74, 6) is 0.942. The van der Waals surface area contributed by atoms with Crippen LogP contribution in [0, 0.1) is 10.1 Å². The number of benzene rings is 1. The highest BCUT2D eigenvalue weighted by Crippen LogP contribution is 2.31. The van der Waals surface area contributed by atoms with Crippen LogP contribution in [0.25, 0.3) is 0 Å². The number of thioether (sulfide) groups is 1. The maximum absolute atomic E-state index is 11.1. The smallest absolute Gasteiger partial charge is 0.292 e. The molecule has 0 amide bonds. The van der Waals surface area contributed by atoms with Crippen LogP contribution in [-0.2, 0) is 5.75 Å². The molecule has 0 aliphatic heterocycles. The monoisotopic (exact) mass is 300 g/mol. The van der Waals surface area contributed by atoms with Crippen LogP contribution in [0.3, 0.4) is 0 Å². The molecule has 0 aliphatic carbocycles. The van der Waals surface area contributed by atoms with Crippen molar-refractivity contribution in [3.63, 3.8) is 0 Å². The van der Waals surface area contributed by atoms with Gasteiger partial charge >= 0.3 is 0 Å². The Morgan fingerprint density at radius 3 is 2.85 bits per heavy atom. The molecule has 0 spiro atoms. The summed E-state index contributed by atoms with van der Waals surface area (Å²) in [5.41, 5.74) is 1.45. The van der Waals surface area contributed by atoms with Crippen LogP contribution in [0.5, 0.6) is 0 Å². The molecule has 0 saturated heterocycles. The minimum Gasteiger partial charge on any atom is -0.394 e. The zero-order chi connectivity index (χ0) is 15.0. The van der Waals surface area contributed by atoms with E-state index in [9.17, 15) is 15.2 Å². The van der Waals surface area contributed by atoms with E-state index < -0.39 is 11.0 Å². The molecule has 1 unspecified atom stereocenters. The normalized spacial score (nSPS) is 12.2. The number of hydrogen-bond donors (Lipinski definition) is 3. The molecule has 1 aromatic carbocycles. The Kier molecular flexibility index (Phi) is 7.35. The number of nitrogens with one attached hydrogen (secondary N) is 1. The van der Waals surface area contributed by atoms with E-state index in [1.54, 1.807) is 6.07 Å². The second kappa shape index (κ2) is 8.78. The molecule has 0 bridgehead atoms. The summed E-state index contributed by atoms with van der Waals surface area (Å²) in [6.07, 6.45) is 0.118. The van der Waals surface area contributed by atoms with Crippen molar-refractivity contribution in [2.45, 2.75) is 25.2 Å². The lowest BCUT2D eigenvalue weighted by Crippen LogP contribution is -2.15. The Morgan fingerprint density at radius 2 is 2.25 bits per heavy atom. The average molecular weight is 300 g/mol. The fourth-order valence-corrected chi connectivity index (χ4v) is 2.63. The number of nitro groups is 1. The van der Waals surface area contributed by atoms with Gasteiger partial charge in [0.25, 0.3) is 5.69 Å². The minimum absolute atomic E-state index is 0.0688. The Balaban J connectivity index is 2.82. The summed E-state index contributed by atoms with van der Waals surface area (Å²) in [6, 6.07) is 4.98. The van der Waals surface area contributed by atoms with Crippen LogP contribution in [0.2, 0.25) is 0 Å². The van der Waals surface area contributed by atoms with Gasteiger partial charge in [0.2, 0.25) is 0 Å². The molecule has 1 rings (SSSR count). The van der Waals surface area contributed by atoms with E-state index in [2.05, 4.69) is 5.32 Å². The highest BCUT2D eigenvalue weighted by molar-refractivity contribution is 7.98. The van der Waals surface area contributed by atoms with E-state index in [1.807, 2.05) is 13.0 Å². The summed E-state index contributed by atoms with van der Waals surface area (Å²) in [7, 11) is 0. The predicted molar refractivity (Wildman–Crippen MR) is 81.1 cm³/mol. The van der Waals surface area contributed by atoms with Crippen molar-refractivity contribution >= 4 is 23.1 Å². The topological polar surface area (TPSA) is 95.6 Å². The van der Waals surface area contributed by atoms with Crippen LogP contribution >= 0.6 is 11.8 Å². The lowest BCUT2D eigenvalue weighted by atomic mass is 10.1. The van der Waals surface area contributed by atoms with Gasteiger partial charge < -0.3 is 15.5 Å². The van der Waals surface area contributed by atoms with Crippen LogP contribution < -0.4 is 5.32 Å². The highest BCUT2D eigenvalue weighted by atomic mass is 32.2. The molecule has 1 atom stereocenters. The lowest BCUT2D eigenvalue weighted by Gasteiger charge is -2.12. The van der Waals surface area contributed by atoms with Gasteiger partial charge in [-0.05, 0) is 12.0 Å². The average Bonchev–Trinajstić information content (AvgIpc) is 2.45. The van der Waals surface area contributed by atoms with Crippen molar-refractivity contribution in [1.82, 2.24) is 0 Å². The first-order valence-corrected chi connectivity index (χ1v) is 7.62. The van der Waals surface area contributed by atoms with E-state index in [1.165, 1.54) is 17.8 Å². The third kappa shape index (κ3) is 4.99. The summed E-state index contributed by atoms with van der Waals surface area (Å²) in [5, 5.41) is 32.2. The Hall–Kier alpha value is -1.31. The Labute approximate surface area is 122 Å². The summed E-state index contributed by atoms with van der Waals surface area (Å²) >= 11 is 1.43. The zero-order valence-corrected chi connectivity index (χ0v) is 12.2. The molecule has 112 valence electrons. The van der Waals surface area contributed by atoms with Crippen LogP contribution in [0.1, 0.15) is 18.9 Å². The number of hydrogen-bond acceptors (Lipinski definition) is 6. The van der Waals surface area contributed by atoms with E-state index in [0.29, 0.717) is 23.7 Å². The molecule has 0 fully saturated rings. The van der Waals surface area contributed by atoms with Gasteiger partial charge in [-0.3, -0.25) is 10.1 Å². The summed E-state index contributed by atoms with van der Waals surface area (Å²) < 4.78 is 0. The van der Waals surface area contributed by atoms with Crippen molar-refractivity contribution in [3.05, 3.63) is 33.9 Å². The second-order valence-corrected chi connectivity index (χ2v) is 5.38. The third-order valence-electron chi connectivity index (χ3n) is 2.66. The van der Waals surface area contributed by atoms with Crippen molar-refractivity contribution in [3.8, 4) is 0 Å². The van der Waals surface area contributed by atoms with E-state index in [0.717, 1.165) is 12.0 Å². The molecule has 6 nitrogen and oxygen atoms in total. The van der Waals surface area contributed by atoms with Gasteiger partial charge in [-0.2, -0.15) is 11.8 Å². The van der Waals surface area contributed by atoms with Crippen molar-refractivity contribution in [2.24, 2.45) is 0 Å². The molecule has 1 aromatic rings. The second-order valence-electron chi connectivity index (χ2n) is 4.35. The number of rotatable bonds is 9. The Bertz CT molecular complexity index is 442. The van der Waals surface area contributed by atoms with Crippen molar-refractivity contribution in [1.29, 1.82) is 0 Å². The van der Waals surface area contributed by atoms with Crippen molar-refractivity contribution in [2.75, 3.05) is 24.2 Å². The predicted octanol–water partition coefficient (Wildman–Crippen LogP) is 2.00. The van der Waals surface area contributed by atoms with Gasteiger partial charge in [-0.1, -0.05) is 19.1 Å². The molecule has 7 heteroatoms. The first kappa shape index (κ1) is 16.7. The number of para-hydroxylation sites is 1. The minimum atomic E-state index is -0.759. The first-order chi connectivity index (χ1) is 9.60. The molecular formula is C13H20N2O4S. The number of aliphatic hydroxyl groups is 2. The number of anilines is 1. The number of nitro benzene ring substituents is 1. The standard InChI is InChI=1S/C13H20N2O4S/c1-2-6-14-13-10(8-20-9-11(17)7-16)4-3-5-12(13)15(18)19/h3-5,11,14,16-17H,2,6-9H2,1H3. The van der Waals surface area contributed by atoms with Crippen LogP contribution in [-0.4, -0.2) is 40.1 Å². The van der Waals surface area contributed by atoms with Gasteiger partial charge in [-0.15, -0.1) is 0 Å². The molecule has 0 aromatic heterocycles. The lowest BCUT2D eigenvalue weighted by molar-refractivity contribution is -0.384. The number of aliphatic hydroxyl groups excluding tert-OH is 2. The summed E-state index contributed by atoms with van der Waals surface area (Å²) in [4.78, 5) is 10.7. The van der Waals surface area contributed by atoms with Crippen LogP contribution in [0.4, 0.5) is 11.4 Å². The first-order valence-electron chi connectivity index (χ1n) is 6.47. The Morgan fingerprint density at radius 1 is 1.50 bits per heavy atom. The van der Waals surface area contributed by atoms with Gasteiger partial charge in [0.1, 0.15) is 5.69 Å². The molecular weight excluding hydrogens is 280 g/mol. The SMILES string of the molecule is CCCNc1c(CSCC(O)CO)cccc1[N+](=O)[O-]. The van der Waals surface area contributed by atoms with Gasteiger partial charge in [-0.25, -0.2) is 0 Å². The van der Waals surface area contributed by atoms with Gasteiger partial charge in [0.15, 0.2) is 0 Å². The summed E-state index contributed by atoms with van der Waals surface area (Å²) in [6.45, 7) is 2.39. The molecule has 0 saturated carbocycles. The third-order valence-corrected chi connectivity index (χ3v) is 3.79. The maximum Gasteiger partial charge on any atom is 0.292 e. The maximum atomic E-state index is 11.1. The molecule has 3 N–H and O–H groups in total. The van der Waals surface area contributed by atoms with E-state index in [-0.39, 0.29) is 12.3 Å². The molecule has 0 radical (unpaired) electrons. The highest BCUT2D eigenvalue weighted by Gasteiger charge is 2.17. The van der Waals surface area contributed by atoms with Crippen molar-refractivity contribution < 1.29 is 15.1 Å². The largest absolute Gasteiger partial charge is 0.394 e. The molecule has 20 heavy (non-hydrogen) atoms.